The average molecular weight is 704 g/mol. The molecule has 2 N–H and O–H groups in total. The molecule has 0 spiro atoms. The number of nitrogens with zero attached hydrogens (tertiary/aromatic N) is 1. The number of amides is 2. The lowest BCUT2D eigenvalue weighted by Crippen LogP contribution is -2.51. The third-order valence-corrected chi connectivity index (χ3v) is 11.1. The van der Waals surface area contributed by atoms with Gasteiger partial charge in [0.05, 0.1) is 22.6 Å². The Kier molecular flexibility index (Phi) is 13.9. The molecule has 0 aromatic heterocycles. The minimum atomic E-state index is -3.54. The minimum absolute atomic E-state index is 0.118. The number of rotatable bonds is 16. The molecule has 254 valence electrons. The highest BCUT2D eigenvalue weighted by Crippen LogP contribution is 2.43. The molecular formula is C36H44Cl2N2O6S. The van der Waals surface area contributed by atoms with Gasteiger partial charge in [-0.25, -0.2) is 13.2 Å². The first-order chi connectivity index (χ1) is 22.1. The van der Waals surface area contributed by atoms with E-state index in [0.717, 1.165) is 11.1 Å². The van der Waals surface area contributed by atoms with Gasteiger partial charge in [0.2, 0.25) is 11.8 Å². The molecule has 0 saturated carbocycles. The molecule has 0 heterocycles. The fourth-order valence-electron chi connectivity index (χ4n) is 5.65. The molecule has 0 radical (unpaired) electrons. The van der Waals surface area contributed by atoms with Gasteiger partial charge in [-0.1, -0.05) is 68.2 Å². The van der Waals surface area contributed by atoms with E-state index >= 15 is 0 Å². The van der Waals surface area contributed by atoms with Crippen molar-refractivity contribution in [1.29, 1.82) is 0 Å². The van der Waals surface area contributed by atoms with Gasteiger partial charge in [0, 0.05) is 40.5 Å². The molecule has 8 nitrogen and oxygen atoms in total. The maximum Gasteiger partial charge on any atom is 0.335 e. The third kappa shape index (κ3) is 10.5. The molecule has 0 aliphatic carbocycles. The predicted octanol–water partition coefficient (Wildman–Crippen LogP) is 8.41. The van der Waals surface area contributed by atoms with Crippen LogP contribution in [0.1, 0.15) is 93.7 Å². The first-order valence-corrected chi connectivity index (χ1v) is 18.3. The Morgan fingerprint density at radius 2 is 1.51 bits per heavy atom. The van der Waals surface area contributed by atoms with Gasteiger partial charge in [0.25, 0.3) is 0 Å². The van der Waals surface area contributed by atoms with Crippen LogP contribution < -0.4 is 5.32 Å². The zero-order chi connectivity index (χ0) is 34.9. The number of benzene rings is 3. The Labute approximate surface area is 288 Å². The van der Waals surface area contributed by atoms with Crippen LogP contribution in [-0.2, 0) is 19.4 Å². The highest BCUT2D eigenvalue weighted by atomic mass is 35.5. The van der Waals surface area contributed by atoms with E-state index in [0.29, 0.717) is 28.6 Å². The van der Waals surface area contributed by atoms with Crippen LogP contribution in [0.3, 0.4) is 0 Å². The molecule has 3 atom stereocenters. The van der Waals surface area contributed by atoms with Crippen molar-refractivity contribution < 1.29 is 27.9 Å². The highest BCUT2D eigenvalue weighted by molar-refractivity contribution is 7.92. The zero-order valence-electron chi connectivity index (χ0n) is 27.5. The van der Waals surface area contributed by atoms with Gasteiger partial charge in [-0.3, -0.25) is 9.59 Å². The molecule has 2 amide bonds. The predicted molar refractivity (Wildman–Crippen MR) is 189 cm³/mol. The lowest BCUT2D eigenvalue weighted by Gasteiger charge is -2.44. The second-order valence-electron chi connectivity index (χ2n) is 12.3. The SMILES string of the molecule is CCC(=O)N([C@H](CS(=O)(=O)C(C)C)C(C)C)[C@H](c1ccc(Cl)cc1)[C@H](CCCC(=O)Nc1ccc(C(=O)O)cc1)c1cccc(Cl)c1. The van der Waals surface area contributed by atoms with E-state index in [4.69, 9.17) is 28.3 Å². The van der Waals surface area contributed by atoms with E-state index in [1.54, 1.807) is 43.9 Å². The zero-order valence-corrected chi connectivity index (χ0v) is 29.8. The molecule has 0 fully saturated rings. The quantitative estimate of drug-likeness (QED) is 0.155. The van der Waals surface area contributed by atoms with Crippen LogP contribution in [0.4, 0.5) is 5.69 Å². The summed E-state index contributed by atoms with van der Waals surface area (Å²) in [6, 6.07) is 19.3. The van der Waals surface area contributed by atoms with Gasteiger partial charge >= 0.3 is 5.97 Å². The molecule has 0 saturated heterocycles. The standard InChI is InChI=1S/C36H44Cl2N2O6S/c1-6-34(42)40(32(23(2)3)22-47(45,46)24(4)5)35(25-13-17-28(37)18-14-25)31(27-9-7-10-29(38)21-27)11-8-12-33(41)39-30-19-15-26(16-20-30)36(43)44/h7,9-10,13-21,23-24,31-32,35H,6,8,11-12,22H2,1-5H3,(H,39,41)(H,43,44)/t31-,32-,35-/m1/s1. The maximum atomic E-state index is 14.0. The van der Waals surface area contributed by atoms with Gasteiger partial charge in [-0.15, -0.1) is 0 Å². The van der Waals surface area contributed by atoms with E-state index in [1.807, 2.05) is 44.2 Å². The summed E-state index contributed by atoms with van der Waals surface area (Å²) >= 11 is 12.8. The molecule has 3 aromatic carbocycles. The average Bonchev–Trinajstić information content (AvgIpc) is 3.01. The molecule has 0 unspecified atom stereocenters. The minimum Gasteiger partial charge on any atom is -0.478 e. The number of hydrogen-bond donors (Lipinski definition) is 2. The van der Waals surface area contributed by atoms with Crippen molar-refractivity contribution in [2.75, 3.05) is 11.1 Å². The summed E-state index contributed by atoms with van der Waals surface area (Å²) in [5.74, 6) is -2.23. The van der Waals surface area contributed by atoms with Crippen molar-refractivity contribution in [2.24, 2.45) is 5.92 Å². The molecule has 11 heteroatoms. The topological polar surface area (TPSA) is 121 Å². The summed E-state index contributed by atoms with van der Waals surface area (Å²) in [4.78, 5) is 40.0. The maximum absolute atomic E-state index is 14.0. The number of aromatic carboxylic acids is 1. The molecule has 0 aliphatic rings. The number of nitrogens with one attached hydrogen (secondary N) is 1. The number of carboxylic acids is 1. The lowest BCUT2D eigenvalue weighted by molar-refractivity contribution is -0.137. The number of carbonyl (C=O) groups is 3. The number of carbonyl (C=O) groups excluding carboxylic acids is 2. The van der Waals surface area contributed by atoms with Crippen molar-refractivity contribution in [3.8, 4) is 0 Å². The van der Waals surface area contributed by atoms with Crippen molar-refractivity contribution in [2.45, 2.75) is 83.6 Å². The van der Waals surface area contributed by atoms with Crippen LogP contribution in [0, 0.1) is 5.92 Å². The van der Waals surface area contributed by atoms with Crippen molar-refractivity contribution >= 4 is 56.5 Å². The van der Waals surface area contributed by atoms with E-state index < -0.39 is 33.1 Å². The largest absolute Gasteiger partial charge is 0.478 e. The van der Waals surface area contributed by atoms with Crippen molar-refractivity contribution in [3.63, 3.8) is 0 Å². The second-order valence-corrected chi connectivity index (χ2v) is 15.8. The lowest BCUT2D eigenvalue weighted by atomic mass is 9.81. The number of sulfone groups is 1. The van der Waals surface area contributed by atoms with Gasteiger partial charge < -0.3 is 15.3 Å². The molecule has 3 rings (SSSR count). The number of halogens is 2. The van der Waals surface area contributed by atoms with Gasteiger partial charge in [-0.2, -0.15) is 0 Å². The summed E-state index contributed by atoms with van der Waals surface area (Å²) in [7, 11) is -3.54. The summed E-state index contributed by atoms with van der Waals surface area (Å²) in [5, 5.41) is 12.4. The van der Waals surface area contributed by atoms with Gasteiger partial charge in [-0.05, 0) is 92.3 Å². The van der Waals surface area contributed by atoms with E-state index in [9.17, 15) is 22.8 Å². The summed E-state index contributed by atoms with van der Waals surface area (Å²) in [5.41, 5.74) is 2.24. The molecular weight excluding hydrogens is 659 g/mol. The van der Waals surface area contributed by atoms with Crippen LogP contribution in [0.15, 0.2) is 72.8 Å². The van der Waals surface area contributed by atoms with Gasteiger partial charge in [0.15, 0.2) is 9.84 Å². The number of hydrogen-bond acceptors (Lipinski definition) is 5. The van der Waals surface area contributed by atoms with E-state index in [2.05, 4.69) is 5.32 Å². The first kappa shape index (κ1) is 38.1. The van der Waals surface area contributed by atoms with Crippen LogP contribution in [0.2, 0.25) is 10.0 Å². The van der Waals surface area contributed by atoms with Crippen LogP contribution in [-0.4, -0.2) is 53.3 Å². The molecule has 0 bridgehead atoms. The fraction of sp³-hybridized carbons (Fsp3) is 0.417. The third-order valence-electron chi connectivity index (χ3n) is 8.34. The monoisotopic (exact) mass is 702 g/mol. The first-order valence-electron chi connectivity index (χ1n) is 15.8. The second kappa shape index (κ2) is 17.1. The number of carboxylic acid groups (broad SMARTS) is 1. The molecule has 47 heavy (non-hydrogen) atoms. The van der Waals surface area contributed by atoms with Crippen LogP contribution in [0.5, 0.6) is 0 Å². The van der Waals surface area contributed by atoms with Crippen LogP contribution in [0.25, 0.3) is 0 Å². The fourth-order valence-corrected chi connectivity index (χ4v) is 7.38. The highest BCUT2D eigenvalue weighted by Gasteiger charge is 2.40. The Balaban J connectivity index is 2.07. The van der Waals surface area contributed by atoms with E-state index in [1.165, 1.54) is 24.3 Å². The van der Waals surface area contributed by atoms with Crippen molar-refractivity contribution in [3.05, 3.63) is 99.5 Å². The number of anilines is 1. The van der Waals surface area contributed by atoms with Crippen LogP contribution >= 0.6 is 23.2 Å². The Morgan fingerprint density at radius 1 is 0.872 bits per heavy atom. The van der Waals surface area contributed by atoms with E-state index in [-0.39, 0.29) is 47.8 Å². The summed E-state index contributed by atoms with van der Waals surface area (Å²) in [6.45, 7) is 8.92. The summed E-state index contributed by atoms with van der Waals surface area (Å²) in [6.07, 6.45) is 1.22. The van der Waals surface area contributed by atoms with Gasteiger partial charge in [0.1, 0.15) is 0 Å². The normalized spacial score (nSPS) is 13.6. The smallest absolute Gasteiger partial charge is 0.335 e. The Morgan fingerprint density at radius 3 is 2.04 bits per heavy atom. The molecule has 3 aromatic rings. The summed E-state index contributed by atoms with van der Waals surface area (Å²) < 4.78 is 26.7. The Bertz CT molecular complexity index is 1630. The Hall–Kier alpha value is -3.40. The molecule has 0 aliphatic heterocycles. The van der Waals surface area contributed by atoms with Crippen molar-refractivity contribution in [1.82, 2.24) is 4.90 Å².